The summed E-state index contributed by atoms with van der Waals surface area (Å²) in [5.41, 5.74) is 12.4. The molecule has 0 unspecified atom stereocenters. The predicted molar refractivity (Wildman–Crippen MR) is 238 cm³/mol. The van der Waals surface area contributed by atoms with Crippen molar-refractivity contribution in [1.82, 2.24) is 15.0 Å². The Bertz CT molecular complexity index is 3130. The van der Waals surface area contributed by atoms with Crippen molar-refractivity contribution in [3.8, 4) is 33.9 Å². The molecule has 0 N–H and O–H groups in total. The van der Waals surface area contributed by atoms with Gasteiger partial charge in [-0.05, 0) is 100 Å². The summed E-state index contributed by atoms with van der Waals surface area (Å²) in [6.45, 7) is 0. The number of hydrogen-bond donors (Lipinski definition) is 0. The van der Waals surface area contributed by atoms with Gasteiger partial charge in [0, 0.05) is 44.5 Å². The number of benzene rings is 8. The van der Waals surface area contributed by atoms with E-state index >= 15 is 0 Å². The number of furan rings is 1. The smallest absolute Gasteiger partial charge is 0.164 e. The molecular formula is C53H36N4O. The first-order chi connectivity index (χ1) is 28.7. The van der Waals surface area contributed by atoms with Gasteiger partial charge in [0.2, 0.25) is 0 Å². The molecule has 11 rings (SSSR count). The molecule has 0 saturated heterocycles. The Labute approximate surface area is 336 Å². The predicted octanol–water partition coefficient (Wildman–Crippen LogP) is 13.9. The molecule has 10 aromatic rings. The molecule has 274 valence electrons. The Balaban J connectivity index is 1.13. The second-order valence-electron chi connectivity index (χ2n) is 14.7. The van der Waals surface area contributed by atoms with E-state index in [1.54, 1.807) is 0 Å². The summed E-state index contributed by atoms with van der Waals surface area (Å²) in [6.07, 6.45) is 4.04. The van der Waals surface area contributed by atoms with Crippen LogP contribution in [0, 0.1) is 0 Å². The van der Waals surface area contributed by atoms with E-state index in [0.717, 1.165) is 90.4 Å². The number of anilines is 3. The van der Waals surface area contributed by atoms with Gasteiger partial charge in [0.15, 0.2) is 17.5 Å². The van der Waals surface area contributed by atoms with E-state index in [-0.39, 0.29) is 0 Å². The lowest BCUT2D eigenvalue weighted by Gasteiger charge is -2.26. The van der Waals surface area contributed by atoms with Crippen LogP contribution < -0.4 is 4.90 Å². The Kier molecular flexibility index (Phi) is 8.21. The lowest BCUT2D eigenvalue weighted by Crippen LogP contribution is -2.09. The van der Waals surface area contributed by atoms with Crippen LogP contribution in [0.15, 0.2) is 192 Å². The maximum absolute atomic E-state index is 6.98. The molecule has 1 aliphatic rings. The molecule has 1 aliphatic carbocycles. The van der Waals surface area contributed by atoms with Crippen molar-refractivity contribution in [2.24, 2.45) is 0 Å². The van der Waals surface area contributed by atoms with Crippen LogP contribution in [0.3, 0.4) is 0 Å². The van der Waals surface area contributed by atoms with Crippen molar-refractivity contribution >= 4 is 61.4 Å². The average Bonchev–Trinajstić information content (AvgIpc) is 3.70. The van der Waals surface area contributed by atoms with Gasteiger partial charge in [0.05, 0.1) is 0 Å². The van der Waals surface area contributed by atoms with Gasteiger partial charge in [-0.15, -0.1) is 0 Å². The summed E-state index contributed by atoms with van der Waals surface area (Å²) in [6, 6.07) is 65.6. The number of rotatable bonds is 7. The summed E-state index contributed by atoms with van der Waals surface area (Å²) in [4.78, 5) is 17.9. The highest BCUT2D eigenvalue weighted by atomic mass is 16.3. The lowest BCUT2D eigenvalue weighted by molar-refractivity contribution is 0.670. The van der Waals surface area contributed by atoms with Gasteiger partial charge in [0.1, 0.15) is 11.2 Å². The normalized spacial score (nSPS) is 12.4. The molecule has 0 fully saturated rings. The monoisotopic (exact) mass is 744 g/mol. The molecule has 5 heteroatoms. The first-order valence-corrected chi connectivity index (χ1v) is 19.7. The van der Waals surface area contributed by atoms with Crippen LogP contribution in [0.4, 0.5) is 17.1 Å². The van der Waals surface area contributed by atoms with Gasteiger partial charge in [-0.2, -0.15) is 0 Å². The first kappa shape index (κ1) is 33.7. The molecule has 0 aliphatic heterocycles. The second-order valence-corrected chi connectivity index (χ2v) is 14.7. The number of para-hydroxylation sites is 2. The van der Waals surface area contributed by atoms with E-state index < -0.39 is 0 Å². The third-order valence-electron chi connectivity index (χ3n) is 11.2. The number of hydrogen-bond acceptors (Lipinski definition) is 5. The van der Waals surface area contributed by atoms with Crippen LogP contribution in [0.1, 0.15) is 23.4 Å². The standard InChI is InChI=1S/C53H36N4O/c1-4-17-36(18-5-1)51-54-52(40-31-30-35-16-10-11-19-37(35)32-40)56-53(55-51)45-28-15-29-47-48(45)49-44-27-13-12-20-39(44)34-46(50(49)58-47)38-21-14-26-43(33-38)57(41-22-6-2-7-23-41)42-24-8-3-9-25-42/h1-29,32-34H,30-31H2. The zero-order valence-corrected chi connectivity index (χ0v) is 31.6. The Hall–Kier alpha value is -7.63. The zero-order valence-electron chi connectivity index (χ0n) is 31.6. The highest BCUT2D eigenvalue weighted by Crippen LogP contribution is 2.45. The topological polar surface area (TPSA) is 55.1 Å². The molecule has 8 aromatic carbocycles. The molecule has 0 saturated carbocycles. The van der Waals surface area contributed by atoms with Crippen molar-refractivity contribution in [2.45, 2.75) is 12.8 Å². The maximum Gasteiger partial charge on any atom is 0.164 e. The minimum atomic E-state index is 0.620. The van der Waals surface area contributed by atoms with E-state index in [1.807, 2.05) is 24.3 Å². The molecule has 0 atom stereocenters. The summed E-state index contributed by atoms with van der Waals surface area (Å²) >= 11 is 0. The molecule has 0 bridgehead atoms. The lowest BCUT2D eigenvalue weighted by atomic mass is 9.92. The zero-order chi connectivity index (χ0) is 38.4. The molecule has 0 amide bonds. The number of aromatic nitrogens is 3. The quantitative estimate of drug-likeness (QED) is 0.163. The van der Waals surface area contributed by atoms with Crippen LogP contribution in [0.25, 0.3) is 78.3 Å². The van der Waals surface area contributed by atoms with Crippen LogP contribution in [0.5, 0.6) is 0 Å². The van der Waals surface area contributed by atoms with Gasteiger partial charge >= 0.3 is 0 Å². The summed E-state index contributed by atoms with van der Waals surface area (Å²) in [5.74, 6) is 1.97. The highest BCUT2D eigenvalue weighted by molar-refractivity contribution is 6.25. The first-order valence-electron chi connectivity index (χ1n) is 19.7. The van der Waals surface area contributed by atoms with Gasteiger partial charge in [-0.3, -0.25) is 0 Å². The Morgan fingerprint density at radius 1 is 0.448 bits per heavy atom. The van der Waals surface area contributed by atoms with E-state index in [9.17, 15) is 0 Å². The summed E-state index contributed by atoms with van der Waals surface area (Å²) < 4.78 is 6.98. The Morgan fingerprint density at radius 2 is 1.09 bits per heavy atom. The van der Waals surface area contributed by atoms with Gasteiger partial charge in [0.25, 0.3) is 0 Å². The fraction of sp³-hybridized carbons (Fsp3) is 0.0377. The molecule has 58 heavy (non-hydrogen) atoms. The van der Waals surface area contributed by atoms with E-state index in [0.29, 0.717) is 17.5 Å². The van der Waals surface area contributed by atoms with Crippen LogP contribution in [-0.2, 0) is 6.42 Å². The Morgan fingerprint density at radius 3 is 1.90 bits per heavy atom. The number of allylic oxidation sites excluding steroid dienone is 1. The average molecular weight is 745 g/mol. The van der Waals surface area contributed by atoms with E-state index in [1.165, 1.54) is 11.1 Å². The summed E-state index contributed by atoms with van der Waals surface area (Å²) in [5, 5.41) is 4.27. The van der Waals surface area contributed by atoms with Crippen LogP contribution in [0.2, 0.25) is 0 Å². The van der Waals surface area contributed by atoms with Crippen molar-refractivity contribution in [3.05, 3.63) is 205 Å². The van der Waals surface area contributed by atoms with Crippen molar-refractivity contribution in [3.63, 3.8) is 0 Å². The van der Waals surface area contributed by atoms with Gasteiger partial charge < -0.3 is 9.32 Å². The molecule has 0 radical (unpaired) electrons. The van der Waals surface area contributed by atoms with Crippen molar-refractivity contribution in [2.75, 3.05) is 4.90 Å². The maximum atomic E-state index is 6.98. The minimum absolute atomic E-state index is 0.620. The van der Waals surface area contributed by atoms with Crippen LogP contribution in [-0.4, -0.2) is 15.0 Å². The molecule has 2 heterocycles. The molecule has 5 nitrogen and oxygen atoms in total. The number of aryl methyl sites for hydroxylation is 1. The van der Waals surface area contributed by atoms with Crippen molar-refractivity contribution in [1.29, 1.82) is 0 Å². The fourth-order valence-electron chi connectivity index (χ4n) is 8.45. The molecule has 2 aromatic heterocycles. The number of nitrogens with zero attached hydrogens (tertiary/aromatic N) is 4. The van der Waals surface area contributed by atoms with E-state index in [4.69, 9.17) is 19.4 Å². The van der Waals surface area contributed by atoms with Crippen LogP contribution >= 0.6 is 0 Å². The van der Waals surface area contributed by atoms with E-state index in [2.05, 4.69) is 175 Å². The number of fused-ring (bicyclic) bond motifs is 6. The van der Waals surface area contributed by atoms with Gasteiger partial charge in [-0.1, -0.05) is 140 Å². The second kappa shape index (κ2) is 14.1. The van der Waals surface area contributed by atoms with Crippen molar-refractivity contribution < 1.29 is 4.42 Å². The SMILES string of the molecule is C1=C(c2nc(-c3ccccc3)nc(-c3cccc4oc5c(-c6cccc(N(c7ccccc7)c7ccccc7)c6)cc6ccccc6c5c34)n2)CCc2ccccc21. The van der Waals surface area contributed by atoms with Gasteiger partial charge in [-0.25, -0.2) is 15.0 Å². The third kappa shape index (κ3) is 5.92. The third-order valence-corrected chi connectivity index (χ3v) is 11.2. The molecule has 0 spiro atoms. The fourth-order valence-corrected chi connectivity index (χ4v) is 8.45. The largest absolute Gasteiger partial charge is 0.455 e. The summed E-state index contributed by atoms with van der Waals surface area (Å²) in [7, 11) is 0. The highest BCUT2D eigenvalue weighted by Gasteiger charge is 2.23. The molecular weight excluding hydrogens is 709 g/mol. The minimum Gasteiger partial charge on any atom is -0.455 e.